The summed E-state index contributed by atoms with van der Waals surface area (Å²) in [6.45, 7) is 4.92. The summed E-state index contributed by atoms with van der Waals surface area (Å²) in [5, 5.41) is 4.82. The molecule has 2 heterocycles. The third kappa shape index (κ3) is 1.21. The van der Waals surface area contributed by atoms with Gasteiger partial charge in [-0.05, 0) is 6.07 Å². The fraction of sp³-hybridized carbons (Fsp3) is 0.455. The van der Waals surface area contributed by atoms with Crippen LogP contribution in [0.25, 0.3) is 0 Å². The Morgan fingerprint density at radius 1 is 1.21 bits per heavy atom. The van der Waals surface area contributed by atoms with Crippen LogP contribution in [0.4, 0.5) is 11.4 Å². The van der Waals surface area contributed by atoms with Crippen LogP contribution in [-0.4, -0.2) is 32.2 Å². The summed E-state index contributed by atoms with van der Waals surface area (Å²) in [6, 6.07) is 9.49. The highest BCUT2D eigenvalue weighted by atomic mass is 15.3. The quantitative estimate of drug-likeness (QED) is 0.489. The highest BCUT2D eigenvalue weighted by molar-refractivity contribution is 5.64. The second kappa shape index (κ2) is 3.26. The van der Waals surface area contributed by atoms with E-state index in [0.29, 0.717) is 0 Å². The molecule has 0 radical (unpaired) electrons. The van der Waals surface area contributed by atoms with E-state index in [1.807, 2.05) is 0 Å². The second-order valence-electron chi connectivity index (χ2n) is 4.16. The first kappa shape index (κ1) is 8.26. The van der Waals surface area contributed by atoms with Crippen LogP contribution in [0.3, 0.4) is 0 Å². The summed E-state index contributed by atoms with van der Waals surface area (Å²) in [5.74, 6) is 0. The first-order valence-corrected chi connectivity index (χ1v) is 5.46. The lowest BCUT2D eigenvalue weighted by atomic mass is 10.1. The minimum Gasteiger partial charge on any atom is -0.347 e. The molecule has 74 valence electrons. The van der Waals surface area contributed by atoms with Crippen molar-refractivity contribution in [3.05, 3.63) is 24.3 Å². The highest BCUT2D eigenvalue weighted by Gasteiger charge is 2.32. The van der Waals surface area contributed by atoms with Crippen molar-refractivity contribution in [2.45, 2.75) is 6.04 Å². The van der Waals surface area contributed by atoms with E-state index in [2.05, 4.69) is 39.8 Å². The lowest BCUT2D eigenvalue weighted by Crippen LogP contribution is -2.96. The number of para-hydroxylation sites is 2. The number of piperazine rings is 1. The monoisotopic (exact) mass is 191 g/mol. The molecule has 14 heavy (non-hydrogen) atoms. The van der Waals surface area contributed by atoms with Crippen molar-refractivity contribution in [1.29, 1.82) is 0 Å². The van der Waals surface area contributed by atoms with Gasteiger partial charge in [0.05, 0.1) is 18.8 Å². The van der Waals surface area contributed by atoms with Crippen LogP contribution in [0.2, 0.25) is 0 Å². The summed E-state index contributed by atoms with van der Waals surface area (Å²) in [4.78, 5) is 2.58. The van der Waals surface area contributed by atoms with Crippen LogP contribution in [0.5, 0.6) is 0 Å². The summed E-state index contributed by atoms with van der Waals surface area (Å²) >= 11 is 0. The van der Waals surface area contributed by atoms with Gasteiger partial charge in [-0.1, -0.05) is 12.1 Å². The van der Waals surface area contributed by atoms with Crippen molar-refractivity contribution in [2.24, 2.45) is 0 Å². The molecule has 0 aromatic heterocycles. The predicted molar refractivity (Wildman–Crippen MR) is 55.7 cm³/mol. The zero-order valence-electron chi connectivity index (χ0n) is 8.32. The van der Waals surface area contributed by atoms with Gasteiger partial charge in [-0.2, -0.15) is 0 Å². The molecule has 0 saturated carbocycles. The Hall–Kier alpha value is -1.06. The molecule has 1 fully saturated rings. The Labute approximate surface area is 84.1 Å². The molecular weight excluding hydrogens is 174 g/mol. The molecule has 2 aliphatic rings. The fourth-order valence-corrected chi connectivity index (χ4v) is 2.58. The first-order chi connectivity index (χ1) is 6.95. The summed E-state index contributed by atoms with van der Waals surface area (Å²) in [6.07, 6.45) is 0. The zero-order chi connectivity index (χ0) is 9.38. The molecule has 1 saturated heterocycles. The van der Waals surface area contributed by atoms with E-state index in [-0.39, 0.29) is 0 Å². The van der Waals surface area contributed by atoms with Gasteiger partial charge in [-0.3, -0.25) is 0 Å². The van der Waals surface area contributed by atoms with Crippen LogP contribution in [0.1, 0.15) is 0 Å². The Balaban J connectivity index is 1.99. The average molecular weight is 191 g/mol. The molecule has 3 heteroatoms. The van der Waals surface area contributed by atoms with E-state index in [0.717, 1.165) is 6.04 Å². The van der Waals surface area contributed by atoms with E-state index in [1.54, 1.807) is 0 Å². The Kier molecular flexibility index (Phi) is 1.92. The molecular formula is C11H17N3+2. The molecule has 0 aliphatic carbocycles. The first-order valence-electron chi connectivity index (χ1n) is 5.46. The highest BCUT2D eigenvalue weighted by Crippen LogP contribution is 2.25. The van der Waals surface area contributed by atoms with Gasteiger partial charge in [0.25, 0.3) is 0 Å². The second-order valence-corrected chi connectivity index (χ2v) is 4.16. The topological polar surface area (TPSA) is 36.5 Å². The number of fused-ring (bicyclic) bond motifs is 3. The number of nitrogens with two attached hydrogens (primary N) is 2. The number of quaternary nitrogens is 2. The summed E-state index contributed by atoms with van der Waals surface area (Å²) in [7, 11) is 0. The normalized spacial score (nSPS) is 25.4. The number of nitrogens with zero attached hydrogens (tertiary/aromatic N) is 1. The number of hydrogen-bond donors (Lipinski definition) is 2. The predicted octanol–water partition coefficient (Wildman–Crippen LogP) is -1.35. The van der Waals surface area contributed by atoms with Crippen molar-refractivity contribution in [3.8, 4) is 0 Å². The average Bonchev–Trinajstić information content (AvgIpc) is 2.29. The molecule has 1 atom stereocenters. The molecule has 0 spiro atoms. The maximum atomic E-state index is 2.58. The van der Waals surface area contributed by atoms with Crippen molar-refractivity contribution in [1.82, 2.24) is 0 Å². The van der Waals surface area contributed by atoms with Crippen molar-refractivity contribution < 1.29 is 10.6 Å². The largest absolute Gasteiger partial charge is 0.347 e. The van der Waals surface area contributed by atoms with E-state index >= 15 is 0 Å². The number of benzene rings is 1. The van der Waals surface area contributed by atoms with Gasteiger partial charge in [0, 0.05) is 6.07 Å². The van der Waals surface area contributed by atoms with Gasteiger partial charge in [-0.25, -0.2) is 0 Å². The van der Waals surface area contributed by atoms with Gasteiger partial charge in [0.15, 0.2) is 5.69 Å². The molecule has 1 aromatic rings. The van der Waals surface area contributed by atoms with Gasteiger partial charge in [-0.15, -0.1) is 0 Å². The third-order valence-electron chi connectivity index (χ3n) is 3.31. The summed E-state index contributed by atoms with van der Waals surface area (Å²) < 4.78 is 0. The minimum absolute atomic E-state index is 0.735. The van der Waals surface area contributed by atoms with Crippen LogP contribution in [0.15, 0.2) is 24.3 Å². The lowest BCUT2D eigenvalue weighted by Gasteiger charge is -2.38. The fourth-order valence-electron chi connectivity index (χ4n) is 2.58. The number of rotatable bonds is 0. The Morgan fingerprint density at radius 2 is 2.14 bits per heavy atom. The standard InChI is InChI=1S/C11H15N3/c1-2-4-11-10(3-1)13-8-9-7-12-5-6-14(9)11/h1-4,9,12-13H,5-8H2/p+2. The zero-order valence-corrected chi connectivity index (χ0v) is 8.32. The molecule has 4 N–H and O–H groups in total. The molecule has 0 bridgehead atoms. The van der Waals surface area contributed by atoms with E-state index in [4.69, 9.17) is 0 Å². The number of hydrogen-bond acceptors (Lipinski definition) is 1. The molecule has 0 amide bonds. The molecule has 1 unspecified atom stereocenters. The molecule has 1 aromatic carbocycles. The van der Waals surface area contributed by atoms with Crippen LogP contribution >= 0.6 is 0 Å². The van der Waals surface area contributed by atoms with E-state index < -0.39 is 0 Å². The maximum absolute atomic E-state index is 2.58. The van der Waals surface area contributed by atoms with Crippen molar-refractivity contribution in [2.75, 3.05) is 31.1 Å². The Morgan fingerprint density at radius 3 is 3.14 bits per heavy atom. The Bertz CT molecular complexity index is 337. The van der Waals surface area contributed by atoms with Crippen molar-refractivity contribution >= 4 is 11.4 Å². The van der Waals surface area contributed by atoms with E-state index in [1.165, 1.54) is 37.6 Å². The third-order valence-corrected chi connectivity index (χ3v) is 3.31. The van der Waals surface area contributed by atoms with Gasteiger partial charge in [0.1, 0.15) is 19.1 Å². The minimum atomic E-state index is 0.735. The van der Waals surface area contributed by atoms with Crippen LogP contribution < -0.4 is 15.5 Å². The van der Waals surface area contributed by atoms with Gasteiger partial charge < -0.3 is 15.5 Å². The van der Waals surface area contributed by atoms with Gasteiger partial charge >= 0.3 is 0 Å². The smallest absolute Gasteiger partial charge is 0.153 e. The molecule has 2 aliphatic heterocycles. The van der Waals surface area contributed by atoms with Crippen molar-refractivity contribution in [3.63, 3.8) is 0 Å². The number of anilines is 1. The maximum Gasteiger partial charge on any atom is 0.153 e. The SMILES string of the molecule is c1ccc2c(c1)[NH2+]CC1C[NH2+]CCN21. The lowest BCUT2D eigenvalue weighted by molar-refractivity contribution is -0.671. The van der Waals surface area contributed by atoms with Crippen LogP contribution in [-0.2, 0) is 0 Å². The van der Waals surface area contributed by atoms with Crippen LogP contribution in [0, 0.1) is 0 Å². The molecule has 3 nitrogen and oxygen atoms in total. The van der Waals surface area contributed by atoms with Gasteiger partial charge in [0.2, 0.25) is 0 Å². The van der Waals surface area contributed by atoms with E-state index in [9.17, 15) is 0 Å². The summed E-state index contributed by atoms with van der Waals surface area (Å²) in [5.41, 5.74) is 2.86. The molecule has 3 rings (SSSR count).